The molecule has 90 valence electrons. The zero-order chi connectivity index (χ0) is 12.7. The lowest BCUT2D eigenvalue weighted by Gasteiger charge is -2.10. The number of aromatic amines is 1. The highest BCUT2D eigenvalue weighted by atomic mass is 16.2. The topological polar surface area (TPSA) is 84.1 Å². The first-order valence-electron chi connectivity index (χ1n) is 5.14. The zero-order valence-electron chi connectivity index (χ0n) is 9.94. The lowest BCUT2D eigenvalue weighted by atomic mass is 10.2. The second kappa shape index (κ2) is 3.65. The molecule has 1 aromatic carbocycles. The number of imidazole rings is 1. The van der Waals surface area contributed by atoms with E-state index >= 15 is 0 Å². The summed E-state index contributed by atoms with van der Waals surface area (Å²) in [7, 11) is 3.19. The van der Waals surface area contributed by atoms with Gasteiger partial charge in [0.05, 0.1) is 11.0 Å². The van der Waals surface area contributed by atoms with Crippen LogP contribution in [0.15, 0.2) is 16.9 Å². The minimum absolute atomic E-state index is 0.384. The number of carbonyl (C=O) groups is 1. The van der Waals surface area contributed by atoms with Crippen molar-refractivity contribution >= 4 is 22.8 Å². The fourth-order valence-corrected chi connectivity index (χ4v) is 1.66. The molecule has 2 rings (SSSR count). The van der Waals surface area contributed by atoms with Crippen molar-refractivity contribution in [2.45, 2.75) is 6.92 Å². The molecule has 0 aliphatic heterocycles. The van der Waals surface area contributed by atoms with Crippen LogP contribution in [0, 0.1) is 6.92 Å². The van der Waals surface area contributed by atoms with E-state index in [9.17, 15) is 9.59 Å². The number of anilines is 1. The molecule has 0 unspecified atom stereocenters. The van der Waals surface area contributed by atoms with Crippen molar-refractivity contribution in [1.29, 1.82) is 0 Å². The third-order valence-corrected chi connectivity index (χ3v) is 2.64. The smallest absolute Gasteiger partial charge is 0.334 e. The molecule has 2 aromatic rings. The highest BCUT2D eigenvalue weighted by Gasteiger charge is 2.16. The van der Waals surface area contributed by atoms with Gasteiger partial charge in [0.2, 0.25) is 0 Å². The average Bonchev–Trinajstić information content (AvgIpc) is 2.53. The van der Waals surface area contributed by atoms with Gasteiger partial charge in [-0.3, -0.25) is 0 Å². The Hall–Kier alpha value is -2.24. The fourth-order valence-electron chi connectivity index (χ4n) is 1.66. The number of benzene rings is 1. The summed E-state index contributed by atoms with van der Waals surface area (Å²) in [5.41, 5.74) is 7.82. The van der Waals surface area contributed by atoms with Crippen molar-refractivity contribution in [3.05, 3.63) is 28.2 Å². The molecule has 0 fully saturated rings. The van der Waals surface area contributed by atoms with E-state index in [1.165, 1.54) is 4.90 Å². The molecular weight excluding hydrogens is 220 g/mol. The average molecular weight is 234 g/mol. The quantitative estimate of drug-likeness (QED) is 0.660. The molecular formula is C11H14N4O2. The molecule has 0 aliphatic rings. The van der Waals surface area contributed by atoms with Gasteiger partial charge in [0.15, 0.2) is 0 Å². The predicted octanol–water partition coefficient (Wildman–Crippen LogP) is 0.750. The number of carbonyl (C=O) groups excluding carboxylic acids is 1. The molecule has 1 aromatic heterocycles. The Bertz CT molecular complexity index is 651. The minimum atomic E-state index is -0.455. The van der Waals surface area contributed by atoms with Gasteiger partial charge in [-0.25, -0.2) is 14.2 Å². The summed E-state index contributed by atoms with van der Waals surface area (Å²) in [5.74, 6) is 0. The van der Waals surface area contributed by atoms with Crippen LogP contribution in [-0.2, 0) is 0 Å². The van der Waals surface area contributed by atoms with Crippen LogP contribution in [-0.4, -0.2) is 34.6 Å². The number of hydrogen-bond donors (Lipinski definition) is 2. The van der Waals surface area contributed by atoms with Crippen LogP contribution in [0.4, 0.5) is 10.5 Å². The molecule has 0 spiro atoms. The molecule has 0 atom stereocenters. The van der Waals surface area contributed by atoms with Gasteiger partial charge >= 0.3 is 11.7 Å². The molecule has 0 saturated heterocycles. The number of aromatic nitrogens is 2. The van der Waals surface area contributed by atoms with E-state index < -0.39 is 5.69 Å². The zero-order valence-corrected chi connectivity index (χ0v) is 9.94. The van der Waals surface area contributed by atoms with Crippen LogP contribution >= 0.6 is 0 Å². The molecule has 6 nitrogen and oxygen atoms in total. The van der Waals surface area contributed by atoms with E-state index in [-0.39, 0.29) is 6.03 Å². The number of H-pyrrole nitrogens is 1. The number of nitrogens with two attached hydrogens (primary N) is 1. The van der Waals surface area contributed by atoms with E-state index in [1.807, 2.05) is 6.92 Å². The van der Waals surface area contributed by atoms with Gasteiger partial charge < -0.3 is 15.6 Å². The minimum Gasteiger partial charge on any atom is -0.398 e. The lowest BCUT2D eigenvalue weighted by Crippen LogP contribution is -2.33. The highest BCUT2D eigenvalue weighted by Crippen LogP contribution is 2.19. The number of fused-ring (bicyclic) bond motifs is 1. The number of aryl methyl sites for hydroxylation is 1. The molecule has 0 saturated carbocycles. The Morgan fingerprint density at radius 2 is 2.06 bits per heavy atom. The Labute approximate surface area is 97.6 Å². The van der Waals surface area contributed by atoms with Crippen LogP contribution in [0.3, 0.4) is 0 Å². The SMILES string of the molecule is Cc1cc2c(cc1N)[nH]c(=O)n2C(=O)N(C)C. The first-order valence-corrected chi connectivity index (χ1v) is 5.14. The Morgan fingerprint density at radius 1 is 1.41 bits per heavy atom. The maximum atomic E-state index is 11.9. The number of rotatable bonds is 0. The summed E-state index contributed by atoms with van der Waals surface area (Å²) in [6.07, 6.45) is 0. The second-order valence-corrected chi connectivity index (χ2v) is 4.17. The Morgan fingerprint density at radius 3 is 2.65 bits per heavy atom. The van der Waals surface area contributed by atoms with E-state index in [0.717, 1.165) is 10.1 Å². The normalized spacial score (nSPS) is 10.8. The maximum Gasteiger partial charge on any atom is 0.334 e. The standard InChI is InChI=1S/C11H14N4O2/c1-6-4-9-8(5-7(6)12)13-10(16)15(9)11(17)14(2)3/h4-5H,12H2,1-3H3,(H,13,16). The maximum absolute atomic E-state index is 11.9. The number of nitrogen functional groups attached to an aromatic ring is 1. The third kappa shape index (κ3) is 1.67. The number of nitrogens with one attached hydrogen (secondary N) is 1. The summed E-state index contributed by atoms with van der Waals surface area (Å²) in [6.45, 7) is 1.83. The summed E-state index contributed by atoms with van der Waals surface area (Å²) in [4.78, 5) is 27.6. The molecule has 17 heavy (non-hydrogen) atoms. The summed E-state index contributed by atoms with van der Waals surface area (Å²) < 4.78 is 1.10. The summed E-state index contributed by atoms with van der Waals surface area (Å²) in [5, 5.41) is 0. The van der Waals surface area contributed by atoms with E-state index in [1.54, 1.807) is 26.2 Å². The van der Waals surface area contributed by atoms with Crippen molar-refractivity contribution in [1.82, 2.24) is 14.5 Å². The van der Waals surface area contributed by atoms with Crippen molar-refractivity contribution in [3.63, 3.8) is 0 Å². The fraction of sp³-hybridized carbons (Fsp3) is 0.273. The van der Waals surface area contributed by atoms with Gasteiger partial charge in [-0.1, -0.05) is 0 Å². The molecule has 6 heteroatoms. The summed E-state index contributed by atoms with van der Waals surface area (Å²) >= 11 is 0. The predicted molar refractivity (Wildman–Crippen MR) is 66.2 cm³/mol. The van der Waals surface area contributed by atoms with E-state index in [0.29, 0.717) is 16.7 Å². The molecule has 1 amide bonds. The highest BCUT2D eigenvalue weighted by molar-refractivity contribution is 5.90. The van der Waals surface area contributed by atoms with Crippen LogP contribution in [0.5, 0.6) is 0 Å². The Balaban J connectivity index is 2.80. The van der Waals surface area contributed by atoms with Gasteiger partial charge in [0, 0.05) is 19.8 Å². The lowest BCUT2D eigenvalue weighted by molar-refractivity contribution is 0.219. The van der Waals surface area contributed by atoms with Crippen LogP contribution < -0.4 is 11.4 Å². The van der Waals surface area contributed by atoms with Gasteiger partial charge in [-0.15, -0.1) is 0 Å². The number of nitrogens with zero attached hydrogens (tertiary/aromatic N) is 2. The molecule has 0 bridgehead atoms. The van der Waals surface area contributed by atoms with Crippen molar-refractivity contribution in [2.75, 3.05) is 19.8 Å². The summed E-state index contributed by atoms with van der Waals surface area (Å²) in [6, 6.07) is 3.00. The van der Waals surface area contributed by atoms with Crippen molar-refractivity contribution in [3.8, 4) is 0 Å². The first-order chi connectivity index (χ1) is 7.91. The largest absolute Gasteiger partial charge is 0.398 e. The van der Waals surface area contributed by atoms with E-state index in [2.05, 4.69) is 4.98 Å². The monoisotopic (exact) mass is 234 g/mol. The van der Waals surface area contributed by atoms with Gasteiger partial charge in [-0.2, -0.15) is 0 Å². The third-order valence-electron chi connectivity index (χ3n) is 2.64. The molecule has 0 radical (unpaired) electrons. The van der Waals surface area contributed by atoms with Crippen LogP contribution in [0.2, 0.25) is 0 Å². The molecule has 3 N–H and O–H groups in total. The van der Waals surface area contributed by atoms with Crippen LogP contribution in [0.1, 0.15) is 5.56 Å². The van der Waals surface area contributed by atoms with Crippen molar-refractivity contribution < 1.29 is 4.79 Å². The van der Waals surface area contributed by atoms with Gasteiger partial charge in [0.1, 0.15) is 0 Å². The Kier molecular flexibility index (Phi) is 2.42. The van der Waals surface area contributed by atoms with Crippen molar-refractivity contribution in [2.24, 2.45) is 0 Å². The first kappa shape index (κ1) is 11.3. The van der Waals surface area contributed by atoms with Gasteiger partial charge in [0.25, 0.3) is 0 Å². The number of amides is 1. The molecule has 0 aliphatic carbocycles. The van der Waals surface area contributed by atoms with E-state index in [4.69, 9.17) is 5.73 Å². The molecule has 1 heterocycles. The number of hydrogen-bond acceptors (Lipinski definition) is 3. The van der Waals surface area contributed by atoms with Crippen LogP contribution in [0.25, 0.3) is 11.0 Å². The second-order valence-electron chi connectivity index (χ2n) is 4.17. The van der Waals surface area contributed by atoms with Gasteiger partial charge in [-0.05, 0) is 24.6 Å².